The van der Waals surface area contributed by atoms with E-state index in [9.17, 15) is 13.2 Å². The number of hydrogen-bond acceptors (Lipinski definition) is 5. The summed E-state index contributed by atoms with van der Waals surface area (Å²) in [6, 6.07) is 9.18. The van der Waals surface area contributed by atoms with Gasteiger partial charge >= 0.3 is 0 Å². The lowest BCUT2D eigenvalue weighted by Crippen LogP contribution is -2.41. The molecular weight excluding hydrogens is 376 g/mol. The first kappa shape index (κ1) is 20.4. The maximum Gasteiger partial charge on any atom is 0.255 e. The van der Waals surface area contributed by atoms with Crippen molar-refractivity contribution in [2.45, 2.75) is 45.7 Å². The molecule has 1 saturated heterocycles. The predicted octanol–water partition coefficient (Wildman–Crippen LogP) is 2.59. The van der Waals surface area contributed by atoms with Gasteiger partial charge in [-0.05, 0) is 32.3 Å². The van der Waals surface area contributed by atoms with Gasteiger partial charge in [0.05, 0.1) is 23.1 Å². The third kappa shape index (κ3) is 4.56. The smallest absolute Gasteiger partial charge is 0.255 e. The van der Waals surface area contributed by atoms with Crippen LogP contribution in [-0.2, 0) is 16.6 Å². The fraction of sp³-hybridized carbons (Fsp3) is 0.450. The van der Waals surface area contributed by atoms with Crippen molar-refractivity contribution in [3.05, 3.63) is 59.2 Å². The molecule has 0 radical (unpaired) electrons. The van der Waals surface area contributed by atoms with Gasteiger partial charge < -0.3 is 5.32 Å². The van der Waals surface area contributed by atoms with Crippen LogP contribution in [0.1, 0.15) is 59.7 Å². The highest BCUT2D eigenvalue weighted by Crippen LogP contribution is 2.34. The van der Waals surface area contributed by atoms with Crippen LogP contribution in [-0.4, -0.2) is 40.9 Å². The van der Waals surface area contributed by atoms with Crippen molar-refractivity contribution in [1.29, 1.82) is 0 Å². The predicted molar refractivity (Wildman–Crippen MR) is 107 cm³/mol. The lowest BCUT2D eigenvalue weighted by molar-refractivity contribution is 0.0946. The van der Waals surface area contributed by atoms with Gasteiger partial charge in [-0.1, -0.05) is 36.8 Å². The van der Waals surface area contributed by atoms with Gasteiger partial charge in [0.1, 0.15) is 5.82 Å². The number of rotatable bonds is 6. The van der Waals surface area contributed by atoms with E-state index in [1.165, 1.54) is 10.5 Å². The van der Waals surface area contributed by atoms with Crippen LogP contribution in [0.3, 0.4) is 0 Å². The molecule has 0 aliphatic carbocycles. The number of carbonyl (C=O) groups is 1. The van der Waals surface area contributed by atoms with Crippen LogP contribution < -0.4 is 5.32 Å². The molecule has 7 nitrogen and oxygen atoms in total. The van der Waals surface area contributed by atoms with Gasteiger partial charge in [0.15, 0.2) is 0 Å². The van der Waals surface area contributed by atoms with Crippen molar-refractivity contribution in [1.82, 2.24) is 19.6 Å². The second-order valence-electron chi connectivity index (χ2n) is 6.91. The van der Waals surface area contributed by atoms with Crippen molar-refractivity contribution < 1.29 is 13.2 Å². The third-order valence-corrected chi connectivity index (χ3v) is 6.85. The summed E-state index contributed by atoms with van der Waals surface area (Å²) in [5, 5.41) is 2.89. The van der Waals surface area contributed by atoms with E-state index in [1.54, 1.807) is 13.8 Å². The number of amides is 1. The molecule has 1 aromatic carbocycles. The summed E-state index contributed by atoms with van der Waals surface area (Å²) in [5.41, 5.74) is 1.82. The minimum Gasteiger partial charge on any atom is -0.348 e. The molecule has 1 unspecified atom stereocenters. The molecule has 1 amide bonds. The van der Waals surface area contributed by atoms with E-state index in [0.29, 0.717) is 36.6 Å². The Hall–Kier alpha value is -2.32. The van der Waals surface area contributed by atoms with Crippen LogP contribution in [0.5, 0.6) is 0 Å². The molecule has 0 spiro atoms. The Balaban J connectivity index is 1.90. The maximum absolute atomic E-state index is 12.9. The molecule has 0 bridgehead atoms. The molecule has 1 aromatic heterocycles. The average molecular weight is 403 g/mol. The molecule has 1 aliphatic heterocycles. The topological polar surface area (TPSA) is 92.3 Å². The number of nitrogens with zero attached hydrogens (tertiary/aromatic N) is 3. The van der Waals surface area contributed by atoms with Crippen molar-refractivity contribution >= 4 is 15.9 Å². The van der Waals surface area contributed by atoms with Crippen molar-refractivity contribution in [2.75, 3.05) is 12.3 Å². The molecule has 2 heterocycles. The van der Waals surface area contributed by atoms with E-state index >= 15 is 0 Å². The number of carbonyl (C=O) groups excluding carboxylic acids is 1. The molecule has 150 valence electrons. The zero-order valence-electron chi connectivity index (χ0n) is 16.3. The zero-order valence-corrected chi connectivity index (χ0v) is 17.1. The zero-order chi connectivity index (χ0) is 20.1. The van der Waals surface area contributed by atoms with E-state index in [0.717, 1.165) is 18.4 Å². The molecule has 1 N–H and O–H groups in total. The molecule has 1 atom stereocenters. The fourth-order valence-electron chi connectivity index (χ4n) is 3.47. The van der Waals surface area contributed by atoms with E-state index in [-0.39, 0.29) is 11.7 Å². The highest BCUT2D eigenvalue weighted by molar-refractivity contribution is 7.89. The molecule has 0 saturated carbocycles. The lowest BCUT2D eigenvalue weighted by atomic mass is 9.98. The number of sulfonamides is 1. The average Bonchev–Trinajstić information content (AvgIpc) is 2.72. The summed E-state index contributed by atoms with van der Waals surface area (Å²) in [5.74, 6) is 0.260. The Bertz CT molecular complexity index is 932. The first-order chi connectivity index (χ1) is 13.4. The Kier molecular flexibility index (Phi) is 6.41. The second kappa shape index (κ2) is 8.79. The third-order valence-electron chi connectivity index (χ3n) is 4.97. The summed E-state index contributed by atoms with van der Waals surface area (Å²) in [6.07, 6.45) is 3.86. The minimum atomic E-state index is -3.39. The molecule has 3 rings (SSSR count). The molecular formula is C20H26N4O3S. The Morgan fingerprint density at radius 3 is 2.71 bits per heavy atom. The molecule has 1 aliphatic rings. The van der Waals surface area contributed by atoms with Gasteiger partial charge in [-0.15, -0.1) is 0 Å². The first-order valence-corrected chi connectivity index (χ1v) is 11.2. The van der Waals surface area contributed by atoms with Crippen LogP contribution in [0.25, 0.3) is 0 Å². The number of piperidine rings is 1. The van der Waals surface area contributed by atoms with Crippen LogP contribution >= 0.6 is 0 Å². The first-order valence-electron chi connectivity index (χ1n) is 9.57. The maximum atomic E-state index is 12.9. The Labute approximate surface area is 166 Å². The van der Waals surface area contributed by atoms with Crippen molar-refractivity contribution in [2.24, 2.45) is 0 Å². The Morgan fingerprint density at radius 1 is 1.25 bits per heavy atom. The summed E-state index contributed by atoms with van der Waals surface area (Å²) >= 11 is 0. The lowest BCUT2D eigenvalue weighted by Gasteiger charge is -2.34. The van der Waals surface area contributed by atoms with Crippen LogP contribution in [0, 0.1) is 6.92 Å². The number of hydrogen-bond donors (Lipinski definition) is 1. The fourth-order valence-corrected chi connectivity index (χ4v) is 4.80. The minimum absolute atomic E-state index is 0.0309. The normalized spacial score (nSPS) is 18.0. The van der Waals surface area contributed by atoms with E-state index in [4.69, 9.17) is 0 Å². The summed E-state index contributed by atoms with van der Waals surface area (Å²) in [6.45, 7) is 4.22. The number of nitrogens with one attached hydrogen (secondary N) is 1. The van der Waals surface area contributed by atoms with Crippen LogP contribution in [0.4, 0.5) is 0 Å². The molecule has 28 heavy (non-hydrogen) atoms. The standard InChI is InChI=1S/C20H26N4O3S/c1-3-28(26,27)24-12-8-7-11-18(24)19-17(14-21-15(2)23-19)20(25)22-13-16-9-5-4-6-10-16/h4-6,9-10,14,18H,3,7-8,11-13H2,1-2H3,(H,22,25). The number of benzene rings is 1. The highest BCUT2D eigenvalue weighted by Gasteiger charge is 2.35. The van der Waals surface area contributed by atoms with Gasteiger partial charge in [-0.3, -0.25) is 4.79 Å². The van der Waals surface area contributed by atoms with Crippen LogP contribution in [0.15, 0.2) is 36.5 Å². The van der Waals surface area contributed by atoms with Crippen molar-refractivity contribution in [3.8, 4) is 0 Å². The van der Waals surface area contributed by atoms with E-state index in [2.05, 4.69) is 15.3 Å². The van der Waals surface area contributed by atoms with Gasteiger partial charge in [-0.2, -0.15) is 4.31 Å². The second-order valence-corrected chi connectivity index (χ2v) is 9.12. The number of aryl methyl sites for hydroxylation is 1. The summed E-state index contributed by atoms with van der Waals surface area (Å²) < 4.78 is 26.7. The van der Waals surface area contributed by atoms with Gasteiger partial charge in [0.25, 0.3) is 5.91 Å². The van der Waals surface area contributed by atoms with Gasteiger partial charge in [-0.25, -0.2) is 18.4 Å². The molecule has 8 heteroatoms. The van der Waals surface area contributed by atoms with Gasteiger partial charge in [0, 0.05) is 19.3 Å². The summed E-state index contributed by atoms with van der Waals surface area (Å²) in [4.78, 5) is 21.5. The number of aromatic nitrogens is 2. The molecule has 2 aromatic rings. The monoisotopic (exact) mass is 402 g/mol. The van der Waals surface area contributed by atoms with Crippen LogP contribution in [0.2, 0.25) is 0 Å². The SMILES string of the molecule is CCS(=O)(=O)N1CCCCC1c1nc(C)ncc1C(=O)NCc1ccccc1. The van der Waals surface area contributed by atoms with Gasteiger partial charge in [0.2, 0.25) is 10.0 Å². The van der Waals surface area contributed by atoms with E-state index in [1.807, 2.05) is 30.3 Å². The van der Waals surface area contributed by atoms with Crippen molar-refractivity contribution in [3.63, 3.8) is 0 Å². The quantitative estimate of drug-likeness (QED) is 0.802. The largest absolute Gasteiger partial charge is 0.348 e. The summed E-state index contributed by atoms with van der Waals surface area (Å²) in [7, 11) is -3.39. The highest BCUT2D eigenvalue weighted by atomic mass is 32.2. The van der Waals surface area contributed by atoms with E-state index < -0.39 is 16.1 Å². The Morgan fingerprint density at radius 2 is 2.00 bits per heavy atom. The molecule has 1 fully saturated rings.